The van der Waals surface area contributed by atoms with Gasteiger partial charge in [0.2, 0.25) is 10.0 Å². The molecule has 0 amide bonds. The van der Waals surface area contributed by atoms with Crippen LogP contribution in [0.25, 0.3) is 0 Å². The molecule has 0 saturated heterocycles. The van der Waals surface area contributed by atoms with Gasteiger partial charge in [-0.15, -0.1) is 0 Å². The lowest BCUT2D eigenvalue weighted by atomic mass is 10.2. The van der Waals surface area contributed by atoms with Crippen LogP contribution in [0.3, 0.4) is 0 Å². The van der Waals surface area contributed by atoms with Crippen LogP contribution in [0.15, 0.2) is 23.1 Å². The van der Waals surface area contributed by atoms with E-state index in [2.05, 4.69) is 4.72 Å². The Kier molecular flexibility index (Phi) is 3.96. The van der Waals surface area contributed by atoms with E-state index in [0.29, 0.717) is 12.5 Å². The van der Waals surface area contributed by atoms with Crippen LogP contribution in [-0.2, 0) is 10.0 Å². The molecule has 1 fully saturated rings. The van der Waals surface area contributed by atoms with E-state index in [1.54, 1.807) is 18.2 Å². The Bertz CT molecular complexity index is 541. The number of sulfonamides is 1. The molecule has 1 aliphatic rings. The van der Waals surface area contributed by atoms with E-state index in [4.69, 9.17) is 17.3 Å². The standard InChI is InChI=1S/C12H17ClN2O2S/c1-8-2-5-10(13)12(6-8)18(16,17)15-11(7-14)9-3-4-9/h2,5-6,9,11,15H,3-4,7,14H2,1H3. The number of rotatable bonds is 5. The molecule has 0 radical (unpaired) electrons. The zero-order chi connectivity index (χ0) is 13.3. The molecule has 2 rings (SSSR count). The maximum Gasteiger partial charge on any atom is 0.242 e. The summed E-state index contributed by atoms with van der Waals surface area (Å²) in [6.07, 6.45) is 2.07. The summed E-state index contributed by atoms with van der Waals surface area (Å²) in [7, 11) is -3.59. The molecule has 1 unspecified atom stereocenters. The average Bonchev–Trinajstić information content (AvgIpc) is 3.13. The molecule has 6 heteroatoms. The highest BCUT2D eigenvalue weighted by molar-refractivity contribution is 7.89. The monoisotopic (exact) mass is 288 g/mol. The van der Waals surface area contributed by atoms with Gasteiger partial charge in [-0.2, -0.15) is 0 Å². The lowest BCUT2D eigenvalue weighted by Crippen LogP contribution is -2.41. The number of nitrogens with one attached hydrogen (secondary N) is 1. The van der Waals surface area contributed by atoms with Gasteiger partial charge in [-0.05, 0) is 43.4 Å². The molecule has 18 heavy (non-hydrogen) atoms. The van der Waals surface area contributed by atoms with Crippen LogP contribution in [-0.4, -0.2) is 21.0 Å². The van der Waals surface area contributed by atoms with Crippen molar-refractivity contribution in [2.75, 3.05) is 6.54 Å². The summed E-state index contributed by atoms with van der Waals surface area (Å²) < 4.78 is 27.2. The first-order valence-corrected chi connectivity index (χ1v) is 7.78. The van der Waals surface area contributed by atoms with E-state index in [0.717, 1.165) is 18.4 Å². The largest absolute Gasteiger partial charge is 0.329 e. The summed E-state index contributed by atoms with van der Waals surface area (Å²) in [5.41, 5.74) is 6.46. The van der Waals surface area contributed by atoms with E-state index in [1.807, 2.05) is 6.92 Å². The van der Waals surface area contributed by atoms with Crippen LogP contribution < -0.4 is 10.5 Å². The van der Waals surface area contributed by atoms with Crippen molar-refractivity contribution < 1.29 is 8.42 Å². The first kappa shape index (κ1) is 13.8. The van der Waals surface area contributed by atoms with Crippen LogP contribution in [0.2, 0.25) is 5.02 Å². The van der Waals surface area contributed by atoms with Gasteiger partial charge in [-0.3, -0.25) is 0 Å². The molecule has 0 aromatic heterocycles. The fourth-order valence-electron chi connectivity index (χ4n) is 1.91. The molecule has 0 bridgehead atoms. The lowest BCUT2D eigenvalue weighted by molar-refractivity contribution is 0.519. The quantitative estimate of drug-likeness (QED) is 0.865. The predicted molar refractivity (Wildman–Crippen MR) is 72.1 cm³/mol. The molecule has 1 aromatic carbocycles. The van der Waals surface area contributed by atoms with Gasteiger partial charge in [0.25, 0.3) is 0 Å². The van der Waals surface area contributed by atoms with E-state index >= 15 is 0 Å². The molecule has 0 heterocycles. The third-order valence-corrected chi connectivity index (χ3v) is 5.10. The molecule has 1 saturated carbocycles. The van der Waals surface area contributed by atoms with Crippen molar-refractivity contribution in [3.8, 4) is 0 Å². The van der Waals surface area contributed by atoms with Crippen LogP contribution in [0.5, 0.6) is 0 Å². The smallest absolute Gasteiger partial charge is 0.242 e. The van der Waals surface area contributed by atoms with Crippen LogP contribution in [0.4, 0.5) is 0 Å². The van der Waals surface area contributed by atoms with Gasteiger partial charge in [-0.25, -0.2) is 13.1 Å². The number of aryl methyl sites for hydroxylation is 1. The summed E-state index contributed by atoms with van der Waals surface area (Å²) in [5.74, 6) is 0.369. The van der Waals surface area contributed by atoms with E-state index < -0.39 is 10.0 Å². The Morgan fingerprint density at radius 2 is 2.17 bits per heavy atom. The van der Waals surface area contributed by atoms with Crippen LogP contribution in [0, 0.1) is 12.8 Å². The minimum absolute atomic E-state index is 0.128. The number of hydrogen-bond acceptors (Lipinski definition) is 3. The maximum atomic E-state index is 12.3. The predicted octanol–water partition coefficient (Wildman–Crippen LogP) is 1.66. The highest BCUT2D eigenvalue weighted by Crippen LogP contribution is 2.33. The second-order valence-electron chi connectivity index (χ2n) is 4.73. The molecule has 0 aliphatic heterocycles. The third-order valence-electron chi connectivity index (χ3n) is 3.13. The number of benzene rings is 1. The van der Waals surface area contributed by atoms with Crippen LogP contribution in [0.1, 0.15) is 18.4 Å². The van der Waals surface area contributed by atoms with E-state index in [9.17, 15) is 8.42 Å². The third kappa shape index (κ3) is 3.03. The summed E-state index contributed by atoms with van der Waals surface area (Å²) in [4.78, 5) is 0.128. The Morgan fingerprint density at radius 1 is 1.50 bits per heavy atom. The normalized spacial score (nSPS) is 17.7. The van der Waals surface area contributed by atoms with Gasteiger partial charge in [0.15, 0.2) is 0 Å². The van der Waals surface area contributed by atoms with Gasteiger partial charge in [-0.1, -0.05) is 17.7 Å². The Labute approximate surface area is 113 Å². The van der Waals surface area contributed by atoms with Crippen molar-refractivity contribution >= 4 is 21.6 Å². The van der Waals surface area contributed by atoms with Crippen molar-refractivity contribution in [3.63, 3.8) is 0 Å². The van der Waals surface area contributed by atoms with Gasteiger partial charge in [0.1, 0.15) is 4.90 Å². The topological polar surface area (TPSA) is 72.2 Å². The molecule has 4 nitrogen and oxygen atoms in total. The zero-order valence-electron chi connectivity index (χ0n) is 10.2. The van der Waals surface area contributed by atoms with Crippen molar-refractivity contribution in [2.24, 2.45) is 11.7 Å². The Morgan fingerprint density at radius 3 is 2.72 bits per heavy atom. The van der Waals surface area contributed by atoms with E-state index in [-0.39, 0.29) is 16.0 Å². The van der Waals surface area contributed by atoms with Crippen molar-refractivity contribution in [1.82, 2.24) is 4.72 Å². The van der Waals surface area contributed by atoms with Crippen molar-refractivity contribution in [2.45, 2.75) is 30.7 Å². The number of nitrogens with two attached hydrogens (primary N) is 1. The summed E-state index contributed by atoms with van der Waals surface area (Å²) in [5, 5.41) is 0.236. The molecule has 1 aromatic rings. The van der Waals surface area contributed by atoms with Crippen molar-refractivity contribution in [1.29, 1.82) is 0 Å². The summed E-state index contributed by atoms with van der Waals surface area (Å²) >= 11 is 5.95. The Balaban J connectivity index is 2.26. The second-order valence-corrected chi connectivity index (χ2v) is 6.82. The van der Waals surface area contributed by atoms with Gasteiger partial charge < -0.3 is 5.73 Å². The molecule has 1 aliphatic carbocycles. The molecule has 0 spiro atoms. The molecule has 1 atom stereocenters. The molecule has 100 valence electrons. The van der Waals surface area contributed by atoms with Gasteiger partial charge in [0.05, 0.1) is 5.02 Å². The average molecular weight is 289 g/mol. The van der Waals surface area contributed by atoms with Gasteiger partial charge in [0, 0.05) is 12.6 Å². The zero-order valence-corrected chi connectivity index (χ0v) is 11.8. The van der Waals surface area contributed by atoms with E-state index in [1.165, 1.54) is 0 Å². The van der Waals surface area contributed by atoms with Crippen molar-refractivity contribution in [3.05, 3.63) is 28.8 Å². The maximum absolute atomic E-state index is 12.3. The SMILES string of the molecule is Cc1ccc(Cl)c(S(=O)(=O)NC(CN)C2CC2)c1. The molecular formula is C12H17ClN2O2S. The summed E-state index contributed by atoms with van der Waals surface area (Å²) in [6.45, 7) is 2.14. The second kappa shape index (κ2) is 5.17. The number of halogens is 1. The fourth-order valence-corrected chi connectivity index (χ4v) is 3.82. The molecule has 3 N–H and O–H groups in total. The highest BCUT2D eigenvalue weighted by Gasteiger charge is 2.33. The highest BCUT2D eigenvalue weighted by atomic mass is 35.5. The fraction of sp³-hybridized carbons (Fsp3) is 0.500. The Hall–Kier alpha value is -0.620. The minimum atomic E-state index is -3.59. The first-order valence-electron chi connectivity index (χ1n) is 5.92. The molecular weight excluding hydrogens is 272 g/mol. The number of hydrogen-bond donors (Lipinski definition) is 2. The lowest BCUT2D eigenvalue weighted by Gasteiger charge is -2.17. The summed E-state index contributed by atoms with van der Waals surface area (Å²) in [6, 6.07) is 4.76. The minimum Gasteiger partial charge on any atom is -0.329 e. The van der Waals surface area contributed by atoms with Gasteiger partial charge >= 0.3 is 0 Å². The first-order chi connectivity index (χ1) is 8.44. The van der Waals surface area contributed by atoms with Crippen LogP contribution >= 0.6 is 11.6 Å².